The maximum atomic E-state index is 12.1. The van der Waals surface area contributed by atoms with Crippen molar-refractivity contribution in [2.24, 2.45) is 0 Å². The van der Waals surface area contributed by atoms with Crippen molar-refractivity contribution < 1.29 is 14.3 Å². The van der Waals surface area contributed by atoms with Crippen molar-refractivity contribution in [2.45, 2.75) is 27.2 Å². The lowest BCUT2D eigenvalue weighted by atomic mass is 10.1. The average Bonchev–Trinajstić information content (AvgIpc) is 3.28. The van der Waals surface area contributed by atoms with Crippen molar-refractivity contribution in [3.63, 3.8) is 0 Å². The number of fused-ring (bicyclic) bond motifs is 2. The molecule has 0 radical (unpaired) electrons. The van der Waals surface area contributed by atoms with Crippen LogP contribution in [0.2, 0.25) is 0 Å². The minimum Gasteiger partial charge on any atom is -0.493 e. The summed E-state index contributed by atoms with van der Waals surface area (Å²) in [5, 5.41) is 7.04. The predicted molar refractivity (Wildman–Crippen MR) is 139 cm³/mol. The van der Waals surface area contributed by atoms with E-state index in [2.05, 4.69) is 34.0 Å². The van der Waals surface area contributed by atoms with Gasteiger partial charge in [0.25, 0.3) is 0 Å². The number of esters is 1. The number of aromatic nitrogens is 2. The lowest BCUT2D eigenvalue weighted by molar-refractivity contribution is 0.0529. The van der Waals surface area contributed by atoms with Crippen LogP contribution in [0.1, 0.15) is 37.6 Å². The molecule has 178 valence electrons. The van der Waals surface area contributed by atoms with Gasteiger partial charge in [-0.05, 0) is 50.7 Å². The Bertz CT molecular complexity index is 1270. The monoisotopic (exact) mass is 478 g/mol. The van der Waals surface area contributed by atoms with Crippen LogP contribution in [-0.2, 0) is 4.74 Å². The third-order valence-electron chi connectivity index (χ3n) is 5.72. The van der Waals surface area contributed by atoms with E-state index in [4.69, 9.17) is 9.47 Å². The Morgan fingerprint density at radius 3 is 2.68 bits per heavy atom. The van der Waals surface area contributed by atoms with Gasteiger partial charge < -0.3 is 19.7 Å². The molecule has 2 heterocycles. The van der Waals surface area contributed by atoms with Crippen LogP contribution in [0, 0.1) is 0 Å². The zero-order valence-corrected chi connectivity index (χ0v) is 20.7. The Hall–Kier alpha value is -3.23. The first-order valence-electron chi connectivity index (χ1n) is 11.7. The molecule has 34 heavy (non-hydrogen) atoms. The van der Waals surface area contributed by atoms with E-state index in [0.29, 0.717) is 18.8 Å². The third-order valence-corrected chi connectivity index (χ3v) is 6.67. The molecule has 0 fully saturated rings. The summed E-state index contributed by atoms with van der Waals surface area (Å²) in [5.74, 6) is 1.24. The van der Waals surface area contributed by atoms with E-state index in [9.17, 15) is 4.79 Å². The average molecular weight is 479 g/mol. The van der Waals surface area contributed by atoms with Gasteiger partial charge in [-0.15, -0.1) is 11.3 Å². The predicted octanol–water partition coefficient (Wildman–Crippen LogP) is 5.88. The molecule has 0 unspecified atom stereocenters. The minimum absolute atomic E-state index is 0.290. The number of ether oxygens (including phenoxy) is 2. The largest absolute Gasteiger partial charge is 0.493 e. The van der Waals surface area contributed by atoms with Crippen LogP contribution in [0.4, 0.5) is 11.5 Å². The number of carbonyl (C=O) groups excluding carboxylic acids is 1. The zero-order chi connectivity index (χ0) is 23.9. The van der Waals surface area contributed by atoms with Crippen molar-refractivity contribution in [2.75, 3.05) is 38.2 Å². The van der Waals surface area contributed by atoms with Crippen LogP contribution in [0.25, 0.3) is 21.0 Å². The van der Waals surface area contributed by atoms with Gasteiger partial charge in [0, 0.05) is 39.2 Å². The van der Waals surface area contributed by atoms with Crippen molar-refractivity contribution >= 4 is 49.8 Å². The first-order valence-corrected chi connectivity index (χ1v) is 12.6. The molecule has 0 aliphatic heterocycles. The molecule has 0 aliphatic rings. The quantitative estimate of drug-likeness (QED) is 0.213. The third kappa shape index (κ3) is 5.46. The van der Waals surface area contributed by atoms with Gasteiger partial charge in [0.05, 0.1) is 24.3 Å². The lowest BCUT2D eigenvalue weighted by Crippen LogP contribution is -2.25. The number of carbonyl (C=O) groups is 1. The van der Waals surface area contributed by atoms with E-state index in [0.717, 1.165) is 64.3 Å². The van der Waals surface area contributed by atoms with Crippen LogP contribution in [0.3, 0.4) is 0 Å². The van der Waals surface area contributed by atoms with Crippen molar-refractivity contribution in [3.05, 3.63) is 53.7 Å². The minimum atomic E-state index is -0.290. The van der Waals surface area contributed by atoms with Gasteiger partial charge in [0.1, 0.15) is 17.9 Å². The van der Waals surface area contributed by atoms with Crippen LogP contribution >= 0.6 is 11.3 Å². The summed E-state index contributed by atoms with van der Waals surface area (Å²) in [4.78, 5) is 23.4. The maximum absolute atomic E-state index is 12.1. The zero-order valence-electron chi connectivity index (χ0n) is 19.8. The summed E-state index contributed by atoms with van der Waals surface area (Å²) in [6.45, 7) is 10.4. The molecule has 8 heteroatoms. The molecular formula is C26H30N4O3S. The molecule has 0 atom stereocenters. The molecule has 2 aromatic carbocycles. The Kier molecular flexibility index (Phi) is 7.92. The van der Waals surface area contributed by atoms with E-state index in [-0.39, 0.29) is 5.97 Å². The SMILES string of the molecule is CCOC(=O)c1csc2cc(Nc3ncnc4cc(OCCCN(CC)CC)ccc34)ccc12. The molecule has 4 aromatic rings. The number of rotatable bonds is 11. The molecule has 0 amide bonds. The van der Waals surface area contributed by atoms with Gasteiger partial charge in [0.15, 0.2) is 0 Å². The molecule has 0 saturated carbocycles. The number of nitrogens with one attached hydrogen (secondary N) is 1. The molecule has 0 bridgehead atoms. The summed E-state index contributed by atoms with van der Waals surface area (Å²) in [5.41, 5.74) is 2.31. The van der Waals surface area contributed by atoms with Crippen molar-refractivity contribution in [3.8, 4) is 5.75 Å². The van der Waals surface area contributed by atoms with Gasteiger partial charge in [-0.25, -0.2) is 14.8 Å². The fraction of sp³-hybridized carbons (Fsp3) is 0.346. The molecular weight excluding hydrogens is 448 g/mol. The highest BCUT2D eigenvalue weighted by Gasteiger charge is 2.14. The fourth-order valence-corrected chi connectivity index (χ4v) is 4.82. The maximum Gasteiger partial charge on any atom is 0.339 e. The Balaban J connectivity index is 1.47. The van der Waals surface area contributed by atoms with Gasteiger partial charge in [-0.1, -0.05) is 19.9 Å². The van der Waals surface area contributed by atoms with Crippen molar-refractivity contribution in [1.29, 1.82) is 0 Å². The van der Waals surface area contributed by atoms with E-state index in [1.54, 1.807) is 6.33 Å². The Labute approximate surface area is 203 Å². The summed E-state index contributed by atoms with van der Waals surface area (Å²) in [6, 6.07) is 11.8. The highest BCUT2D eigenvalue weighted by Crippen LogP contribution is 2.32. The number of hydrogen-bond donors (Lipinski definition) is 1. The van der Waals surface area contributed by atoms with Gasteiger partial charge >= 0.3 is 5.97 Å². The summed E-state index contributed by atoms with van der Waals surface area (Å²) >= 11 is 1.52. The first kappa shape index (κ1) is 23.9. The van der Waals surface area contributed by atoms with Crippen LogP contribution in [0.15, 0.2) is 48.1 Å². The van der Waals surface area contributed by atoms with Crippen LogP contribution < -0.4 is 10.1 Å². The first-order chi connectivity index (χ1) is 16.6. The molecule has 0 spiro atoms. The number of nitrogens with zero attached hydrogens (tertiary/aromatic N) is 3. The second-order valence-electron chi connectivity index (χ2n) is 7.84. The highest BCUT2D eigenvalue weighted by molar-refractivity contribution is 7.17. The van der Waals surface area contributed by atoms with Crippen LogP contribution in [0.5, 0.6) is 5.75 Å². The lowest BCUT2D eigenvalue weighted by Gasteiger charge is -2.17. The molecule has 1 N–H and O–H groups in total. The summed E-state index contributed by atoms with van der Waals surface area (Å²) in [6.07, 6.45) is 2.54. The van der Waals surface area contributed by atoms with E-state index >= 15 is 0 Å². The number of benzene rings is 2. The van der Waals surface area contributed by atoms with Gasteiger partial charge in [-0.2, -0.15) is 0 Å². The number of hydrogen-bond acceptors (Lipinski definition) is 8. The topological polar surface area (TPSA) is 76.6 Å². The van der Waals surface area contributed by atoms with Crippen LogP contribution in [-0.4, -0.2) is 53.7 Å². The number of thiophene rings is 1. The fourth-order valence-electron chi connectivity index (χ4n) is 3.85. The molecule has 0 aliphatic carbocycles. The van der Waals surface area contributed by atoms with Gasteiger partial charge in [0.2, 0.25) is 0 Å². The Morgan fingerprint density at radius 1 is 1.06 bits per heavy atom. The molecule has 2 aromatic heterocycles. The standard InChI is InChI=1S/C26H30N4O3S/c1-4-30(5-2)12-7-13-33-19-9-11-21-23(15-19)27-17-28-25(21)29-18-8-10-20-22(26(31)32-6-3)16-34-24(20)14-18/h8-11,14-17H,4-7,12-13H2,1-3H3,(H,27,28,29). The molecule has 7 nitrogen and oxygen atoms in total. The van der Waals surface area contributed by atoms with E-state index in [1.807, 2.05) is 48.7 Å². The molecule has 0 saturated heterocycles. The second-order valence-corrected chi connectivity index (χ2v) is 8.75. The number of anilines is 2. The Morgan fingerprint density at radius 2 is 1.88 bits per heavy atom. The summed E-state index contributed by atoms with van der Waals surface area (Å²) < 4.78 is 12.1. The normalized spacial score (nSPS) is 11.3. The van der Waals surface area contributed by atoms with E-state index < -0.39 is 0 Å². The highest BCUT2D eigenvalue weighted by atomic mass is 32.1. The summed E-state index contributed by atoms with van der Waals surface area (Å²) in [7, 11) is 0. The van der Waals surface area contributed by atoms with Gasteiger partial charge in [-0.3, -0.25) is 0 Å². The smallest absolute Gasteiger partial charge is 0.339 e. The van der Waals surface area contributed by atoms with Crippen molar-refractivity contribution in [1.82, 2.24) is 14.9 Å². The van der Waals surface area contributed by atoms with E-state index in [1.165, 1.54) is 11.3 Å². The second kappa shape index (κ2) is 11.3. The molecule has 4 rings (SSSR count).